The van der Waals surface area contributed by atoms with Crippen molar-refractivity contribution in [3.05, 3.63) is 68.2 Å². The zero-order chi connectivity index (χ0) is 16.7. The molecule has 1 aliphatic carbocycles. The van der Waals surface area contributed by atoms with E-state index < -0.39 is 0 Å². The number of thiazole rings is 1. The van der Waals surface area contributed by atoms with Crippen molar-refractivity contribution in [3.63, 3.8) is 0 Å². The molecule has 24 heavy (non-hydrogen) atoms. The van der Waals surface area contributed by atoms with Crippen LogP contribution >= 0.6 is 27.3 Å². The lowest BCUT2D eigenvalue weighted by atomic mass is 10.1. The minimum Gasteiger partial charge on any atom is -0.313 e. The zero-order valence-electron chi connectivity index (χ0n) is 13.8. The van der Waals surface area contributed by atoms with Crippen molar-refractivity contribution in [3.8, 4) is 11.3 Å². The maximum absolute atomic E-state index is 4.97. The van der Waals surface area contributed by atoms with Gasteiger partial charge in [-0.05, 0) is 56.0 Å². The van der Waals surface area contributed by atoms with E-state index in [9.17, 15) is 0 Å². The molecule has 1 heterocycles. The van der Waals surface area contributed by atoms with Gasteiger partial charge in [0, 0.05) is 21.5 Å². The summed E-state index contributed by atoms with van der Waals surface area (Å²) in [6, 6.07) is 15.5. The lowest BCUT2D eigenvalue weighted by Gasteiger charge is -2.09. The van der Waals surface area contributed by atoms with E-state index in [1.54, 1.807) is 11.3 Å². The third-order valence-electron chi connectivity index (χ3n) is 4.23. The Labute approximate surface area is 154 Å². The molecule has 3 aromatic rings. The van der Waals surface area contributed by atoms with Gasteiger partial charge in [-0.15, -0.1) is 11.3 Å². The molecule has 1 aromatic heterocycles. The number of rotatable bonds is 3. The second kappa shape index (κ2) is 6.34. The van der Waals surface area contributed by atoms with Crippen molar-refractivity contribution < 1.29 is 0 Å². The first-order chi connectivity index (χ1) is 11.6. The van der Waals surface area contributed by atoms with E-state index in [1.165, 1.54) is 35.2 Å². The van der Waals surface area contributed by atoms with Crippen LogP contribution in [0.25, 0.3) is 11.3 Å². The van der Waals surface area contributed by atoms with E-state index in [-0.39, 0.29) is 0 Å². The van der Waals surface area contributed by atoms with Crippen molar-refractivity contribution in [1.82, 2.24) is 4.57 Å². The summed E-state index contributed by atoms with van der Waals surface area (Å²) in [6.45, 7) is 4.25. The van der Waals surface area contributed by atoms with Crippen LogP contribution in [-0.4, -0.2) is 4.57 Å². The first-order valence-electron chi connectivity index (χ1n) is 8.20. The van der Waals surface area contributed by atoms with Gasteiger partial charge in [-0.25, -0.2) is 4.99 Å². The first-order valence-corrected chi connectivity index (χ1v) is 9.87. The van der Waals surface area contributed by atoms with Gasteiger partial charge in [0.25, 0.3) is 0 Å². The van der Waals surface area contributed by atoms with Gasteiger partial charge >= 0.3 is 0 Å². The van der Waals surface area contributed by atoms with E-state index in [4.69, 9.17) is 4.99 Å². The zero-order valence-corrected chi connectivity index (χ0v) is 16.2. The number of halogens is 1. The average Bonchev–Trinajstić information content (AvgIpc) is 3.28. The fraction of sp³-hybridized carbons (Fsp3) is 0.250. The largest absolute Gasteiger partial charge is 0.313 e. The van der Waals surface area contributed by atoms with Crippen LogP contribution in [0.5, 0.6) is 0 Å². The summed E-state index contributed by atoms with van der Waals surface area (Å²) < 4.78 is 3.55. The molecular weight excluding hydrogens is 380 g/mol. The molecule has 1 saturated carbocycles. The Balaban J connectivity index is 1.88. The smallest absolute Gasteiger partial charge is 0.190 e. The maximum Gasteiger partial charge on any atom is 0.190 e. The molecular formula is C20H19BrN2S. The van der Waals surface area contributed by atoms with Crippen LogP contribution in [0.3, 0.4) is 0 Å². The third-order valence-corrected chi connectivity index (χ3v) is 5.77. The Morgan fingerprint density at radius 1 is 1.08 bits per heavy atom. The van der Waals surface area contributed by atoms with Crippen molar-refractivity contribution in [1.29, 1.82) is 0 Å². The molecule has 1 aliphatic rings. The quantitative estimate of drug-likeness (QED) is 0.502. The molecule has 0 amide bonds. The molecule has 0 saturated heterocycles. The topological polar surface area (TPSA) is 17.3 Å². The lowest BCUT2D eigenvalue weighted by molar-refractivity contribution is 0.724. The van der Waals surface area contributed by atoms with Crippen LogP contribution in [0.4, 0.5) is 5.69 Å². The highest BCUT2D eigenvalue weighted by Gasteiger charge is 2.27. The Morgan fingerprint density at radius 3 is 2.46 bits per heavy atom. The molecule has 4 heteroatoms. The average molecular weight is 399 g/mol. The van der Waals surface area contributed by atoms with Gasteiger partial charge in [0.2, 0.25) is 0 Å². The Hall–Kier alpha value is -1.65. The molecule has 2 aromatic carbocycles. The summed E-state index contributed by atoms with van der Waals surface area (Å²) in [4.78, 5) is 6.06. The highest BCUT2D eigenvalue weighted by Crippen LogP contribution is 2.39. The Morgan fingerprint density at radius 2 is 1.79 bits per heavy atom. The van der Waals surface area contributed by atoms with E-state index in [0.717, 1.165) is 15.0 Å². The van der Waals surface area contributed by atoms with Gasteiger partial charge in [0.05, 0.1) is 11.4 Å². The van der Waals surface area contributed by atoms with E-state index >= 15 is 0 Å². The van der Waals surface area contributed by atoms with Crippen LogP contribution in [0.15, 0.2) is 57.3 Å². The Kier molecular flexibility index (Phi) is 4.19. The Bertz CT molecular complexity index is 944. The number of aryl methyl sites for hydroxylation is 2. The number of aromatic nitrogens is 1. The minimum absolute atomic E-state index is 0.586. The lowest BCUT2D eigenvalue weighted by Crippen LogP contribution is -2.14. The third kappa shape index (κ3) is 3.13. The molecule has 1 fully saturated rings. The van der Waals surface area contributed by atoms with Crippen molar-refractivity contribution in [2.24, 2.45) is 4.99 Å². The molecule has 0 aliphatic heterocycles. The standard InChI is InChI=1S/C20H19BrN2S/c1-13-9-14(2)11-15(10-13)22-20-23(16-7-8-16)19(12-24-20)17-5-3-4-6-18(17)21/h3-6,9-12,16H,7-8H2,1-2H3. The van der Waals surface area contributed by atoms with Crippen LogP contribution in [0, 0.1) is 13.8 Å². The second-order valence-corrected chi connectivity index (χ2v) is 8.13. The van der Waals surface area contributed by atoms with Gasteiger partial charge in [-0.3, -0.25) is 0 Å². The highest BCUT2D eigenvalue weighted by molar-refractivity contribution is 9.10. The molecule has 0 bridgehead atoms. The van der Waals surface area contributed by atoms with Crippen molar-refractivity contribution >= 4 is 33.0 Å². The van der Waals surface area contributed by atoms with E-state index in [1.807, 2.05) is 0 Å². The number of hydrogen-bond donors (Lipinski definition) is 0. The van der Waals surface area contributed by atoms with Gasteiger partial charge in [-0.2, -0.15) is 0 Å². The van der Waals surface area contributed by atoms with E-state index in [0.29, 0.717) is 6.04 Å². The molecule has 2 nitrogen and oxygen atoms in total. The van der Waals surface area contributed by atoms with Crippen LogP contribution in [0.1, 0.15) is 30.0 Å². The normalized spacial score (nSPS) is 15.0. The maximum atomic E-state index is 4.97. The van der Waals surface area contributed by atoms with E-state index in [2.05, 4.69) is 82.2 Å². The monoisotopic (exact) mass is 398 g/mol. The highest BCUT2D eigenvalue weighted by atomic mass is 79.9. The summed E-state index contributed by atoms with van der Waals surface area (Å²) in [5, 5.41) is 2.24. The first kappa shape index (κ1) is 15.9. The van der Waals surface area contributed by atoms with Gasteiger partial charge in [0.15, 0.2) is 4.80 Å². The van der Waals surface area contributed by atoms with Crippen molar-refractivity contribution in [2.45, 2.75) is 32.7 Å². The predicted octanol–water partition coefficient (Wildman–Crippen LogP) is 6.16. The molecule has 0 atom stereocenters. The molecule has 0 unspecified atom stereocenters. The van der Waals surface area contributed by atoms with Crippen LogP contribution in [-0.2, 0) is 0 Å². The minimum atomic E-state index is 0.586. The van der Waals surface area contributed by atoms with Crippen LogP contribution < -0.4 is 4.80 Å². The second-order valence-electron chi connectivity index (χ2n) is 6.44. The summed E-state index contributed by atoms with van der Waals surface area (Å²) in [6.07, 6.45) is 2.49. The molecule has 4 rings (SSSR count). The molecule has 0 spiro atoms. The summed E-state index contributed by atoms with van der Waals surface area (Å²) in [7, 11) is 0. The number of nitrogens with zero attached hydrogens (tertiary/aromatic N) is 2. The SMILES string of the molecule is Cc1cc(C)cc(N=c2scc(-c3ccccc3Br)n2C2CC2)c1. The number of benzene rings is 2. The van der Waals surface area contributed by atoms with Gasteiger partial charge in [-0.1, -0.05) is 40.2 Å². The van der Waals surface area contributed by atoms with Crippen molar-refractivity contribution in [2.75, 3.05) is 0 Å². The number of hydrogen-bond acceptors (Lipinski definition) is 2. The fourth-order valence-corrected chi connectivity index (χ4v) is 4.54. The molecule has 0 N–H and O–H groups in total. The summed E-state index contributed by atoms with van der Waals surface area (Å²) in [5.41, 5.74) is 6.06. The van der Waals surface area contributed by atoms with Gasteiger partial charge < -0.3 is 4.57 Å². The molecule has 122 valence electrons. The fourth-order valence-electron chi connectivity index (χ4n) is 3.08. The van der Waals surface area contributed by atoms with Gasteiger partial charge in [0.1, 0.15) is 0 Å². The molecule has 0 radical (unpaired) electrons. The summed E-state index contributed by atoms with van der Waals surface area (Å²) in [5.74, 6) is 0. The van der Waals surface area contributed by atoms with Crippen LogP contribution in [0.2, 0.25) is 0 Å². The summed E-state index contributed by atoms with van der Waals surface area (Å²) >= 11 is 5.42. The predicted molar refractivity (Wildman–Crippen MR) is 105 cm³/mol.